The molecule has 26 heavy (non-hydrogen) atoms. The molecule has 3 rings (SSSR count). The van der Waals surface area contributed by atoms with Gasteiger partial charge in [0.1, 0.15) is 0 Å². The van der Waals surface area contributed by atoms with E-state index in [0.29, 0.717) is 23.7 Å². The molecule has 0 unspecified atom stereocenters. The number of carbonyl (C=O) groups is 1. The van der Waals surface area contributed by atoms with Gasteiger partial charge in [0, 0.05) is 20.1 Å². The molecule has 0 spiro atoms. The van der Waals surface area contributed by atoms with Crippen LogP contribution >= 0.6 is 0 Å². The molecule has 2 aromatic rings. The molecule has 1 amide bonds. The van der Waals surface area contributed by atoms with E-state index in [1.54, 1.807) is 4.90 Å². The number of hydrogen-bond donors (Lipinski definition) is 1. The first-order valence-electron chi connectivity index (χ1n) is 8.94. The Labute approximate surface area is 152 Å². The zero-order chi connectivity index (χ0) is 18.7. The Morgan fingerprint density at radius 3 is 2.46 bits per heavy atom. The number of aromatic nitrogens is 2. The number of likely N-dealkylation sites (tertiary alicyclic amines) is 1. The summed E-state index contributed by atoms with van der Waals surface area (Å²) in [6, 6.07) is 8.61. The number of imidazole rings is 1. The van der Waals surface area contributed by atoms with E-state index in [1.807, 2.05) is 0 Å². The van der Waals surface area contributed by atoms with Crippen LogP contribution in [-0.2, 0) is 13.5 Å². The van der Waals surface area contributed by atoms with Crippen molar-refractivity contribution < 1.29 is 14.7 Å². The highest BCUT2D eigenvalue weighted by molar-refractivity contribution is 5.68. The minimum absolute atomic E-state index is 0.390. The van der Waals surface area contributed by atoms with Gasteiger partial charge in [-0.25, -0.2) is 9.59 Å². The lowest BCUT2D eigenvalue weighted by Crippen LogP contribution is -2.44. The van der Waals surface area contributed by atoms with Gasteiger partial charge in [-0.3, -0.25) is 4.57 Å². The molecule has 1 aliphatic rings. The van der Waals surface area contributed by atoms with Gasteiger partial charge < -0.3 is 14.8 Å². The minimum atomic E-state index is -0.606. The van der Waals surface area contributed by atoms with Crippen LogP contribution in [0.5, 0.6) is 5.88 Å². The minimum Gasteiger partial charge on any atom is -0.491 e. The lowest BCUT2D eigenvalue weighted by atomic mass is 9.90. The van der Waals surface area contributed by atoms with Crippen LogP contribution in [0.4, 0.5) is 4.79 Å². The van der Waals surface area contributed by atoms with Gasteiger partial charge in [-0.2, -0.15) is 0 Å². The molecule has 0 bridgehead atoms. The molecule has 0 aliphatic carbocycles. The molecule has 1 N–H and O–H groups in total. The highest BCUT2D eigenvalue weighted by Gasteiger charge is 2.25. The molecule has 1 fully saturated rings. The van der Waals surface area contributed by atoms with Crippen LogP contribution in [0.1, 0.15) is 30.4 Å². The number of hydrogen-bond acceptors (Lipinski definition) is 4. The number of carbonyl (C=O) groups excluding carboxylic acids is 1. The third kappa shape index (κ3) is 4.09. The van der Waals surface area contributed by atoms with Crippen molar-refractivity contribution in [1.82, 2.24) is 14.2 Å². The predicted octanol–water partition coefficient (Wildman–Crippen LogP) is 2.09. The molecule has 7 nitrogen and oxygen atoms in total. The van der Waals surface area contributed by atoms with Crippen molar-refractivity contribution in [2.24, 2.45) is 13.0 Å². The Balaban J connectivity index is 1.47. The van der Waals surface area contributed by atoms with E-state index >= 15 is 0 Å². The maximum Gasteiger partial charge on any atom is 0.434 e. The molecule has 1 aromatic heterocycles. The lowest BCUT2D eigenvalue weighted by molar-refractivity contribution is 0.0675. The largest absolute Gasteiger partial charge is 0.491 e. The van der Waals surface area contributed by atoms with Crippen LogP contribution in [0.3, 0.4) is 0 Å². The highest BCUT2D eigenvalue weighted by atomic mass is 16.7. The standard InChI is InChI=1S/C19H25N3O4/c1-14-3-5-15(6-4-14)7-8-16-9-11-21(12-10-16)19(25)26-22-17(23)13-20(2)18(22)24/h3-6,13,16,23H,7-12H2,1-2H3. The molecule has 0 atom stereocenters. The van der Waals surface area contributed by atoms with E-state index in [4.69, 9.17) is 4.84 Å². The Hall–Kier alpha value is -2.70. The topological polar surface area (TPSA) is 76.7 Å². The zero-order valence-electron chi connectivity index (χ0n) is 15.2. The zero-order valence-corrected chi connectivity index (χ0v) is 15.2. The molecule has 7 heteroatoms. The molecule has 0 saturated carbocycles. The maximum atomic E-state index is 12.2. The Morgan fingerprint density at radius 2 is 1.88 bits per heavy atom. The predicted molar refractivity (Wildman–Crippen MR) is 97.1 cm³/mol. The fourth-order valence-electron chi connectivity index (χ4n) is 3.27. The van der Waals surface area contributed by atoms with Gasteiger partial charge in [-0.05, 0) is 44.1 Å². The van der Waals surface area contributed by atoms with Crippen LogP contribution in [0.2, 0.25) is 0 Å². The summed E-state index contributed by atoms with van der Waals surface area (Å²) in [5.74, 6) is 0.187. The summed E-state index contributed by atoms with van der Waals surface area (Å²) in [6.07, 6.45) is 4.57. The van der Waals surface area contributed by atoms with Gasteiger partial charge in [0.05, 0.1) is 6.20 Å². The normalized spacial score (nSPS) is 15.2. The molecule has 140 valence electrons. The van der Waals surface area contributed by atoms with Crippen LogP contribution in [0.15, 0.2) is 35.3 Å². The average Bonchev–Trinajstić information content (AvgIpc) is 2.88. The first-order chi connectivity index (χ1) is 12.4. The number of nitrogens with zero attached hydrogens (tertiary/aromatic N) is 3. The Bertz CT molecular complexity index is 814. The van der Waals surface area contributed by atoms with Gasteiger partial charge >= 0.3 is 11.8 Å². The van der Waals surface area contributed by atoms with Gasteiger partial charge in [-0.15, -0.1) is 0 Å². The lowest BCUT2D eigenvalue weighted by Gasteiger charge is -2.31. The van der Waals surface area contributed by atoms with Crippen LogP contribution in [0.25, 0.3) is 0 Å². The maximum absolute atomic E-state index is 12.2. The third-order valence-electron chi connectivity index (χ3n) is 5.00. The molecular formula is C19H25N3O4. The summed E-state index contributed by atoms with van der Waals surface area (Å²) in [4.78, 5) is 30.6. The molecule has 1 aromatic carbocycles. The third-order valence-corrected chi connectivity index (χ3v) is 5.00. The fraction of sp³-hybridized carbons (Fsp3) is 0.474. The SMILES string of the molecule is Cc1ccc(CCC2CCN(C(=O)On3c(O)cn(C)c3=O)CC2)cc1. The molecule has 1 aliphatic heterocycles. The quantitative estimate of drug-likeness (QED) is 0.907. The Kier molecular flexibility index (Phi) is 5.35. The van der Waals surface area contributed by atoms with Crippen molar-refractivity contribution in [3.8, 4) is 5.88 Å². The van der Waals surface area contributed by atoms with Crippen molar-refractivity contribution in [3.63, 3.8) is 0 Å². The van der Waals surface area contributed by atoms with Gasteiger partial charge in [0.2, 0.25) is 5.88 Å². The average molecular weight is 359 g/mol. The van der Waals surface area contributed by atoms with Crippen molar-refractivity contribution in [2.45, 2.75) is 32.6 Å². The molecule has 2 heterocycles. The van der Waals surface area contributed by atoms with E-state index < -0.39 is 11.8 Å². The second-order valence-corrected chi connectivity index (χ2v) is 6.99. The van der Waals surface area contributed by atoms with Crippen LogP contribution < -0.4 is 10.5 Å². The molecular weight excluding hydrogens is 334 g/mol. The second kappa shape index (κ2) is 7.68. The fourth-order valence-corrected chi connectivity index (χ4v) is 3.27. The van der Waals surface area contributed by atoms with Crippen molar-refractivity contribution in [1.29, 1.82) is 0 Å². The van der Waals surface area contributed by atoms with Gasteiger partial charge in [-0.1, -0.05) is 34.6 Å². The monoisotopic (exact) mass is 359 g/mol. The van der Waals surface area contributed by atoms with E-state index in [1.165, 1.54) is 24.4 Å². The summed E-state index contributed by atoms with van der Waals surface area (Å²) in [5.41, 5.74) is 2.02. The molecule has 1 saturated heterocycles. The number of aromatic hydroxyl groups is 1. The summed E-state index contributed by atoms with van der Waals surface area (Å²) < 4.78 is 1.77. The highest BCUT2D eigenvalue weighted by Crippen LogP contribution is 2.23. The van der Waals surface area contributed by atoms with Crippen LogP contribution in [-0.4, -0.2) is 38.5 Å². The number of aryl methyl sites for hydroxylation is 3. The summed E-state index contributed by atoms with van der Waals surface area (Å²) in [5, 5.41) is 9.64. The van der Waals surface area contributed by atoms with Crippen LogP contribution in [0, 0.1) is 12.8 Å². The smallest absolute Gasteiger partial charge is 0.434 e. The van der Waals surface area contributed by atoms with Gasteiger partial charge in [0.25, 0.3) is 0 Å². The first-order valence-corrected chi connectivity index (χ1v) is 8.94. The summed E-state index contributed by atoms with van der Waals surface area (Å²) in [6.45, 7) is 3.28. The van der Waals surface area contributed by atoms with Crippen molar-refractivity contribution >= 4 is 6.09 Å². The van der Waals surface area contributed by atoms with Gasteiger partial charge in [0.15, 0.2) is 0 Å². The van der Waals surface area contributed by atoms with E-state index in [-0.39, 0.29) is 5.88 Å². The Morgan fingerprint density at radius 1 is 1.23 bits per heavy atom. The summed E-state index contributed by atoms with van der Waals surface area (Å²) >= 11 is 0. The number of piperidine rings is 1. The van der Waals surface area contributed by atoms with E-state index in [2.05, 4.69) is 31.2 Å². The first kappa shape index (κ1) is 18.1. The number of amides is 1. The van der Waals surface area contributed by atoms with E-state index in [0.717, 1.165) is 30.3 Å². The second-order valence-electron chi connectivity index (χ2n) is 6.99. The summed E-state index contributed by atoms with van der Waals surface area (Å²) in [7, 11) is 1.48. The van der Waals surface area contributed by atoms with Crippen molar-refractivity contribution in [2.75, 3.05) is 13.1 Å². The molecule has 0 radical (unpaired) electrons. The van der Waals surface area contributed by atoms with Crippen molar-refractivity contribution in [3.05, 3.63) is 52.1 Å². The number of benzene rings is 1. The number of rotatable bonds is 4. The van der Waals surface area contributed by atoms with E-state index in [9.17, 15) is 14.7 Å².